The van der Waals surface area contributed by atoms with Gasteiger partial charge in [-0.25, -0.2) is 0 Å². The molecule has 108 valence electrons. The molecule has 5 nitrogen and oxygen atoms in total. The fraction of sp³-hybridized carbons (Fsp3) is 0.200. The third-order valence-electron chi connectivity index (χ3n) is 2.85. The molecular weight excluding hydrogens is 290 g/mol. The number of carbonyl (C=O) groups excluding carboxylic acids is 1. The summed E-state index contributed by atoms with van der Waals surface area (Å²) in [6, 6.07) is 7.19. The molecule has 2 aromatic rings. The predicted molar refractivity (Wildman–Crippen MR) is 80.6 cm³/mol. The number of nitriles is 1. The van der Waals surface area contributed by atoms with Crippen molar-refractivity contribution in [1.29, 1.82) is 5.26 Å². The van der Waals surface area contributed by atoms with Gasteiger partial charge in [-0.1, -0.05) is 11.6 Å². The maximum atomic E-state index is 11.5. The van der Waals surface area contributed by atoms with Crippen molar-refractivity contribution in [1.82, 2.24) is 4.57 Å². The van der Waals surface area contributed by atoms with Gasteiger partial charge in [0.15, 0.2) is 0 Å². The van der Waals surface area contributed by atoms with Crippen LogP contribution in [0.25, 0.3) is 11.1 Å². The molecule has 2 rings (SSSR count). The quantitative estimate of drug-likeness (QED) is 0.695. The van der Waals surface area contributed by atoms with E-state index in [4.69, 9.17) is 22.1 Å². The highest BCUT2D eigenvalue weighted by Crippen LogP contribution is 2.29. The van der Waals surface area contributed by atoms with Crippen LogP contribution in [-0.4, -0.2) is 17.1 Å². The van der Waals surface area contributed by atoms with Crippen molar-refractivity contribution in [3.8, 4) is 17.2 Å². The molecule has 0 radical (unpaired) electrons. The van der Waals surface area contributed by atoms with Crippen LogP contribution in [0.15, 0.2) is 30.6 Å². The molecule has 6 heteroatoms. The molecule has 0 spiro atoms. The highest BCUT2D eigenvalue weighted by atomic mass is 35.5. The number of ether oxygens (including phenoxy) is 1. The second-order valence-electron chi connectivity index (χ2n) is 4.45. The van der Waals surface area contributed by atoms with E-state index in [-0.39, 0.29) is 12.5 Å². The SMILES string of the molecule is CCOC(=O)Cn1cc(C#N)c(-c2cc(N)cc(Cl)c2)c1. The standard InChI is InChI=1S/C15H14ClN3O2/c1-2-21-15(20)9-19-7-11(6-17)14(8-19)10-3-12(16)5-13(18)4-10/h3-5,7-8H,2,9,18H2,1H3. The van der Waals surface area contributed by atoms with Crippen molar-refractivity contribution < 1.29 is 9.53 Å². The number of hydrogen-bond acceptors (Lipinski definition) is 4. The minimum atomic E-state index is -0.353. The van der Waals surface area contributed by atoms with Gasteiger partial charge in [-0.05, 0) is 30.7 Å². The van der Waals surface area contributed by atoms with Crippen molar-refractivity contribution in [2.45, 2.75) is 13.5 Å². The monoisotopic (exact) mass is 303 g/mol. The van der Waals surface area contributed by atoms with Gasteiger partial charge in [0.1, 0.15) is 12.6 Å². The van der Waals surface area contributed by atoms with Crippen LogP contribution in [0.3, 0.4) is 0 Å². The second-order valence-corrected chi connectivity index (χ2v) is 4.88. The van der Waals surface area contributed by atoms with Crippen LogP contribution in [-0.2, 0) is 16.1 Å². The van der Waals surface area contributed by atoms with E-state index >= 15 is 0 Å². The van der Waals surface area contributed by atoms with E-state index in [9.17, 15) is 10.1 Å². The normalized spacial score (nSPS) is 10.1. The van der Waals surface area contributed by atoms with Crippen LogP contribution in [0.4, 0.5) is 5.69 Å². The van der Waals surface area contributed by atoms with Crippen LogP contribution < -0.4 is 5.73 Å². The zero-order chi connectivity index (χ0) is 15.4. The molecule has 0 amide bonds. The van der Waals surface area contributed by atoms with Gasteiger partial charge in [-0.3, -0.25) is 4.79 Å². The van der Waals surface area contributed by atoms with Gasteiger partial charge in [0, 0.05) is 28.7 Å². The Bertz CT molecular complexity index is 696. The molecule has 1 aromatic carbocycles. The third kappa shape index (κ3) is 3.56. The van der Waals surface area contributed by atoms with Crippen LogP contribution in [0.2, 0.25) is 5.02 Å². The lowest BCUT2D eigenvalue weighted by molar-refractivity contribution is -0.143. The van der Waals surface area contributed by atoms with E-state index < -0.39 is 0 Å². The van der Waals surface area contributed by atoms with E-state index in [2.05, 4.69) is 6.07 Å². The van der Waals surface area contributed by atoms with Crippen LogP contribution >= 0.6 is 11.6 Å². The molecule has 21 heavy (non-hydrogen) atoms. The minimum Gasteiger partial charge on any atom is -0.465 e. The Morgan fingerprint density at radius 3 is 2.81 bits per heavy atom. The molecule has 1 heterocycles. The van der Waals surface area contributed by atoms with Crippen LogP contribution in [0.1, 0.15) is 12.5 Å². The van der Waals surface area contributed by atoms with Crippen molar-refractivity contribution in [3.05, 3.63) is 41.2 Å². The number of aromatic nitrogens is 1. The molecule has 0 saturated heterocycles. The molecule has 0 atom stereocenters. The fourth-order valence-corrected chi connectivity index (χ4v) is 2.29. The fourth-order valence-electron chi connectivity index (χ4n) is 2.04. The Kier molecular flexibility index (Phi) is 4.51. The number of halogens is 1. The smallest absolute Gasteiger partial charge is 0.325 e. The molecule has 2 N–H and O–H groups in total. The first-order chi connectivity index (χ1) is 10.0. The summed E-state index contributed by atoms with van der Waals surface area (Å²) in [5, 5.41) is 9.72. The van der Waals surface area contributed by atoms with E-state index in [1.807, 2.05) is 0 Å². The first kappa shape index (κ1) is 14.9. The number of carbonyl (C=O) groups is 1. The number of rotatable bonds is 4. The molecule has 0 unspecified atom stereocenters. The molecule has 0 fully saturated rings. The van der Waals surface area contributed by atoms with E-state index in [0.717, 1.165) is 5.56 Å². The summed E-state index contributed by atoms with van der Waals surface area (Å²) in [5.41, 5.74) is 8.14. The van der Waals surface area contributed by atoms with Crippen LogP contribution in [0.5, 0.6) is 0 Å². The summed E-state index contributed by atoms with van der Waals surface area (Å²) in [6.45, 7) is 2.12. The lowest BCUT2D eigenvalue weighted by Crippen LogP contribution is -2.11. The second kappa shape index (κ2) is 6.33. The average Bonchev–Trinajstić information content (AvgIpc) is 2.80. The van der Waals surface area contributed by atoms with Crippen molar-refractivity contribution in [2.75, 3.05) is 12.3 Å². The van der Waals surface area contributed by atoms with Crippen molar-refractivity contribution in [2.24, 2.45) is 0 Å². The Morgan fingerprint density at radius 2 is 2.19 bits per heavy atom. The van der Waals surface area contributed by atoms with Crippen LogP contribution in [0, 0.1) is 11.3 Å². The summed E-state index contributed by atoms with van der Waals surface area (Å²) in [4.78, 5) is 11.5. The van der Waals surface area contributed by atoms with Gasteiger partial charge >= 0.3 is 5.97 Å². The Labute approximate surface area is 127 Å². The van der Waals surface area contributed by atoms with Gasteiger partial charge in [-0.15, -0.1) is 0 Å². The number of esters is 1. The highest BCUT2D eigenvalue weighted by molar-refractivity contribution is 6.31. The van der Waals surface area contributed by atoms with Crippen molar-refractivity contribution in [3.63, 3.8) is 0 Å². The molecule has 0 bridgehead atoms. The topological polar surface area (TPSA) is 81.0 Å². The summed E-state index contributed by atoms with van der Waals surface area (Å²) < 4.78 is 6.50. The van der Waals surface area contributed by atoms with Gasteiger partial charge in [0.2, 0.25) is 0 Å². The molecule has 0 aliphatic rings. The summed E-state index contributed by atoms with van der Waals surface area (Å²) in [5.74, 6) is -0.353. The first-order valence-corrected chi connectivity index (χ1v) is 6.73. The van der Waals surface area contributed by atoms with Gasteiger partial charge in [0.25, 0.3) is 0 Å². The summed E-state index contributed by atoms with van der Waals surface area (Å²) in [6.07, 6.45) is 3.31. The van der Waals surface area contributed by atoms with Crippen molar-refractivity contribution >= 4 is 23.3 Å². The number of nitrogen functional groups attached to an aromatic ring is 1. The Balaban J connectivity index is 2.38. The first-order valence-electron chi connectivity index (χ1n) is 6.35. The van der Waals surface area contributed by atoms with E-state index in [1.54, 1.807) is 42.1 Å². The zero-order valence-electron chi connectivity index (χ0n) is 11.5. The number of benzene rings is 1. The van der Waals surface area contributed by atoms with Gasteiger partial charge < -0.3 is 15.0 Å². The predicted octanol–water partition coefficient (Wildman–Crippen LogP) is 2.83. The lowest BCUT2D eigenvalue weighted by Gasteiger charge is -2.03. The summed E-state index contributed by atoms with van der Waals surface area (Å²) >= 11 is 5.98. The van der Waals surface area contributed by atoms with E-state index in [0.29, 0.717) is 28.4 Å². The minimum absolute atomic E-state index is 0.0541. The Hall–Kier alpha value is -2.45. The molecular formula is C15H14ClN3O2. The maximum Gasteiger partial charge on any atom is 0.325 e. The summed E-state index contributed by atoms with van der Waals surface area (Å²) in [7, 11) is 0. The number of nitrogens with two attached hydrogens (primary N) is 1. The number of hydrogen-bond donors (Lipinski definition) is 1. The lowest BCUT2D eigenvalue weighted by atomic mass is 10.0. The average molecular weight is 304 g/mol. The van der Waals surface area contributed by atoms with E-state index in [1.165, 1.54) is 0 Å². The molecule has 1 aromatic heterocycles. The highest BCUT2D eigenvalue weighted by Gasteiger charge is 2.12. The van der Waals surface area contributed by atoms with Gasteiger partial charge in [-0.2, -0.15) is 5.26 Å². The largest absolute Gasteiger partial charge is 0.465 e. The zero-order valence-corrected chi connectivity index (χ0v) is 12.2. The van der Waals surface area contributed by atoms with Gasteiger partial charge in [0.05, 0.1) is 12.2 Å². The number of anilines is 1. The third-order valence-corrected chi connectivity index (χ3v) is 3.07. The molecule has 0 aliphatic carbocycles. The Morgan fingerprint density at radius 1 is 1.43 bits per heavy atom. The number of nitrogens with zero attached hydrogens (tertiary/aromatic N) is 2. The molecule has 0 aliphatic heterocycles. The molecule has 0 saturated carbocycles. The maximum absolute atomic E-state index is 11.5.